The molecule has 0 saturated carbocycles. The number of ether oxygens (including phenoxy) is 9. The number of likely N-dealkylation sites (N-methyl/N-ethyl adjacent to an activating group) is 1. The Morgan fingerprint density at radius 1 is 0.843 bits per heavy atom. The van der Waals surface area contributed by atoms with Gasteiger partial charge in [0.25, 0.3) is 11.9 Å². The molecule has 51 heavy (non-hydrogen) atoms. The van der Waals surface area contributed by atoms with E-state index >= 15 is 0 Å². The number of aliphatic imine (C=N–C) groups is 2. The zero-order valence-electron chi connectivity index (χ0n) is 29.5. The highest BCUT2D eigenvalue weighted by atomic mass is 16.7. The predicted molar refractivity (Wildman–Crippen MR) is 166 cm³/mol. The van der Waals surface area contributed by atoms with Crippen LogP contribution in [-0.2, 0) is 81.0 Å². The van der Waals surface area contributed by atoms with Crippen molar-refractivity contribution in [1.29, 1.82) is 0 Å². The lowest BCUT2D eigenvalue weighted by Gasteiger charge is -2.42. The molecule has 0 aliphatic carbocycles. The number of carbonyl (C=O) groups is 8. The molecule has 0 radical (unpaired) electrons. The fourth-order valence-corrected chi connectivity index (χ4v) is 4.93. The number of hydrogen-bond donors (Lipinski definition) is 1. The fraction of sp³-hybridized carbons (Fsp3) is 0.667. The molecule has 21 nitrogen and oxygen atoms in total. The van der Waals surface area contributed by atoms with E-state index in [0.717, 1.165) is 59.6 Å². The molecule has 1 saturated heterocycles. The van der Waals surface area contributed by atoms with Crippen molar-refractivity contribution < 1.29 is 81.0 Å². The van der Waals surface area contributed by atoms with Crippen LogP contribution in [0.2, 0.25) is 0 Å². The molecule has 2 rings (SSSR count). The van der Waals surface area contributed by atoms with Crippen LogP contribution >= 0.6 is 0 Å². The van der Waals surface area contributed by atoms with E-state index in [-0.39, 0.29) is 12.6 Å². The molecule has 2 heterocycles. The van der Waals surface area contributed by atoms with E-state index in [2.05, 4.69) is 15.3 Å². The lowest BCUT2D eigenvalue weighted by Crippen LogP contribution is -2.65. The maximum atomic E-state index is 13.7. The predicted octanol–water partition coefficient (Wildman–Crippen LogP) is -1.67. The molecule has 0 aromatic heterocycles. The maximum absolute atomic E-state index is 13.7. The van der Waals surface area contributed by atoms with Crippen molar-refractivity contribution in [3.63, 3.8) is 0 Å². The number of carbonyl (C=O) groups excluding carboxylic acids is 8. The maximum Gasteiger partial charge on any atom is 0.303 e. The zero-order valence-corrected chi connectivity index (χ0v) is 29.5. The SMILES string of the molecule is COC1=NC(NC2OC[C@@H](OC(C)=O)[C@H](OC(C)=O)[C@H]2OC(C)=O)C(N=CC(OC(C)=O)C(OC(C)=O)C(COC(C)=O)OC(C)=O)C(=O)N1C. The van der Waals surface area contributed by atoms with Crippen molar-refractivity contribution in [2.75, 3.05) is 27.4 Å². The third kappa shape index (κ3) is 12.9. The topological polar surface area (TPSA) is 260 Å². The molecule has 0 spiro atoms. The quantitative estimate of drug-likeness (QED) is 0.119. The van der Waals surface area contributed by atoms with Crippen LogP contribution in [0.4, 0.5) is 0 Å². The second-order valence-electron chi connectivity index (χ2n) is 11.0. The molecule has 21 heteroatoms. The van der Waals surface area contributed by atoms with Crippen molar-refractivity contribution in [3.8, 4) is 0 Å². The van der Waals surface area contributed by atoms with Crippen LogP contribution in [0.15, 0.2) is 9.98 Å². The molecule has 2 aliphatic heterocycles. The lowest BCUT2D eigenvalue weighted by molar-refractivity contribution is -0.231. The molecular weight excluding hydrogens is 688 g/mol. The van der Waals surface area contributed by atoms with Gasteiger partial charge in [0.05, 0.1) is 13.7 Å². The summed E-state index contributed by atoms with van der Waals surface area (Å²) in [6.45, 7) is 6.45. The minimum absolute atomic E-state index is 0.191. The number of nitrogens with zero attached hydrogens (tertiary/aromatic N) is 3. The smallest absolute Gasteiger partial charge is 0.303 e. The summed E-state index contributed by atoms with van der Waals surface area (Å²) in [5.74, 6) is -6.56. The van der Waals surface area contributed by atoms with Crippen LogP contribution in [0.5, 0.6) is 0 Å². The van der Waals surface area contributed by atoms with Crippen LogP contribution in [-0.4, -0.2) is 147 Å². The number of rotatable bonds is 14. The van der Waals surface area contributed by atoms with Crippen molar-refractivity contribution in [3.05, 3.63) is 0 Å². The van der Waals surface area contributed by atoms with Crippen LogP contribution in [0.25, 0.3) is 0 Å². The number of nitrogens with one attached hydrogen (secondary N) is 1. The van der Waals surface area contributed by atoms with E-state index in [4.69, 9.17) is 42.6 Å². The minimum atomic E-state index is -1.64. The summed E-state index contributed by atoms with van der Waals surface area (Å²) >= 11 is 0. The van der Waals surface area contributed by atoms with E-state index in [1.807, 2.05) is 0 Å². The van der Waals surface area contributed by atoms with Crippen molar-refractivity contribution in [1.82, 2.24) is 10.2 Å². The van der Waals surface area contributed by atoms with Crippen LogP contribution in [0.1, 0.15) is 48.5 Å². The summed E-state index contributed by atoms with van der Waals surface area (Å²) in [6, 6.07) is -1.73. The fourth-order valence-electron chi connectivity index (χ4n) is 4.93. The van der Waals surface area contributed by atoms with Crippen LogP contribution in [0, 0.1) is 0 Å². The van der Waals surface area contributed by atoms with Gasteiger partial charge >= 0.3 is 41.8 Å². The first-order valence-electron chi connectivity index (χ1n) is 15.3. The molecule has 0 aromatic carbocycles. The van der Waals surface area contributed by atoms with E-state index < -0.39 is 109 Å². The summed E-state index contributed by atoms with van der Waals surface area (Å²) in [4.78, 5) is 107. The molecular formula is C30H42N4O17. The van der Waals surface area contributed by atoms with Crippen molar-refractivity contribution in [2.24, 2.45) is 9.98 Å². The van der Waals surface area contributed by atoms with Gasteiger partial charge in [-0.2, -0.15) is 0 Å². The number of hydrogen-bond acceptors (Lipinski definition) is 20. The molecule has 284 valence electrons. The lowest BCUT2D eigenvalue weighted by atomic mass is 10.0. The molecule has 0 aromatic rings. The zero-order chi connectivity index (χ0) is 38.6. The van der Waals surface area contributed by atoms with Crippen molar-refractivity contribution in [2.45, 2.75) is 104 Å². The molecule has 0 bridgehead atoms. The highest BCUT2D eigenvalue weighted by Crippen LogP contribution is 2.26. The Balaban J connectivity index is 2.63. The van der Waals surface area contributed by atoms with Crippen molar-refractivity contribution >= 4 is 59.9 Å². The average Bonchev–Trinajstić information content (AvgIpc) is 3.00. The summed E-state index contributed by atoms with van der Waals surface area (Å²) in [7, 11) is 2.56. The second kappa shape index (κ2) is 19.3. The van der Waals surface area contributed by atoms with Crippen LogP contribution < -0.4 is 5.32 Å². The molecule has 1 N–H and O–H groups in total. The summed E-state index contributed by atoms with van der Waals surface area (Å²) in [5.41, 5.74) is 0. The number of esters is 7. The Morgan fingerprint density at radius 3 is 1.92 bits per heavy atom. The van der Waals surface area contributed by atoms with Gasteiger partial charge in [0.1, 0.15) is 12.8 Å². The molecule has 9 atom stereocenters. The summed E-state index contributed by atoms with van der Waals surface area (Å²) in [6.07, 6.45) is -10.7. The van der Waals surface area contributed by atoms with Gasteiger partial charge in [-0.3, -0.25) is 53.6 Å². The first-order chi connectivity index (χ1) is 23.8. The van der Waals surface area contributed by atoms with Gasteiger partial charge in [0.2, 0.25) is 0 Å². The molecule has 1 amide bonds. The van der Waals surface area contributed by atoms with Gasteiger partial charge in [0, 0.05) is 61.7 Å². The highest BCUT2D eigenvalue weighted by molar-refractivity contribution is 6.00. The van der Waals surface area contributed by atoms with E-state index in [1.165, 1.54) is 14.2 Å². The summed E-state index contributed by atoms with van der Waals surface area (Å²) < 4.78 is 47.9. The minimum Gasteiger partial charge on any atom is -0.468 e. The molecule has 6 unspecified atom stereocenters. The van der Waals surface area contributed by atoms with Gasteiger partial charge in [-0.15, -0.1) is 0 Å². The Hall–Kier alpha value is -5.18. The monoisotopic (exact) mass is 730 g/mol. The number of methoxy groups -OCH3 is 1. The summed E-state index contributed by atoms with van der Waals surface area (Å²) in [5, 5.41) is 2.88. The van der Waals surface area contributed by atoms with Gasteiger partial charge in [-0.1, -0.05) is 0 Å². The standard InChI is InChI=1S/C30H42N4O17/c1-13(35)44-11-21(47-15(3)37)24(49-17(5)39)20(46-14(2)36)10-31-23-27(33-30(43-9)34(8)29(23)42)32-28-26(51-19(7)41)25(50-18(6)40)22(12-45-28)48-16(4)38/h10,20-28,32H,11-12H2,1-9H3/t20?,21?,22-,23?,24?,25+,26-,27?,28?/m1/s1. The number of amidine groups is 1. The first kappa shape index (κ1) is 42.0. The van der Waals surface area contributed by atoms with E-state index in [1.54, 1.807) is 0 Å². The number of amides is 1. The van der Waals surface area contributed by atoms with Gasteiger partial charge in [-0.05, 0) is 0 Å². The Bertz CT molecular complexity index is 1400. The van der Waals surface area contributed by atoms with Gasteiger partial charge in [-0.25, -0.2) is 4.99 Å². The largest absolute Gasteiger partial charge is 0.468 e. The van der Waals surface area contributed by atoms with Gasteiger partial charge in [0.15, 0.2) is 48.9 Å². The molecule has 2 aliphatic rings. The molecule has 1 fully saturated rings. The Morgan fingerprint density at radius 2 is 1.41 bits per heavy atom. The van der Waals surface area contributed by atoms with Crippen LogP contribution in [0.3, 0.4) is 0 Å². The van der Waals surface area contributed by atoms with E-state index in [9.17, 15) is 38.4 Å². The Kier molecular flexibility index (Phi) is 15.9. The second-order valence-corrected chi connectivity index (χ2v) is 11.0. The van der Waals surface area contributed by atoms with E-state index in [0.29, 0.717) is 0 Å². The first-order valence-corrected chi connectivity index (χ1v) is 15.3. The Labute approximate surface area is 292 Å². The normalized spacial score (nSPS) is 24.9. The average molecular weight is 731 g/mol. The third-order valence-electron chi connectivity index (χ3n) is 6.74. The van der Waals surface area contributed by atoms with Gasteiger partial charge < -0.3 is 42.6 Å². The third-order valence-corrected chi connectivity index (χ3v) is 6.74. The highest BCUT2D eigenvalue weighted by Gasteiger charge is 2.49.